The van der Waals surface area contributed by atoms with Crippen molar-refractivity contribution in [3.63, 3.8) is 0 Å². The number of hydrogen-bond acceptors (Lipinski definition) is 4. The maximum absolute atomic E-state index is 12.8. The third kappa shape index (κ3) is 4.95. The predicted molar refractivity (Wildman–Crippen MR) is 87.8 cm³/mol. The lowest BCUT2D eigenvalue weighted by Crippen LogP contribution is -2.43. The van der Waals surface area contributed by atoms with E-state index in [2.05, 4.69) is 5.32 Å². The van der Waals surface area contributed by atoms with Gasteiger partial charge < -0.3 is 10.1 Å². The van der Waals surface area contributed by atoms with E-state index in [0.717, 1.165) is 22.5 Å². The van der Waals surface area contributed by atoms with E-state index < -0.39 is 26.7 Å². The molecule has 1 aliphatic rings. The Hall–Kier alpha value is -1.65. The van der Waals surface area contributed by atoms with E-state index in [1.165, 1.54) is 7.11 Å². The average molecular weight is 394 g/mol. The van der Waals surface area contributed by atoms with E-state index in [1.807, 2.05) is 0 Å². The molecule has 1 fully saturated rings. The number of carbonyl (C=O) groups is 1. The molecule has 6 nitrogen and oxygen atoms in total. The summed E-state index contributed by atoms with van der Waals surface area (Å²) in [6.45, 7) is 0.925. The summed E-state index contributed by atoms with van der Waals surface area (Å²) < 4.78 is 69.6. The molecule has 1 saturated heterocycles. The number of piperidine rings is 1. The van der Waals surface area contributed by atoms with Crippen LogP contribution < -0.4 is 5.32 Å². The van der Waals surface area contributed by atoms with Crippen LogP contribution in [0.25, 0.3) is 0 Å². The molecule has 1 aromatic rings. The summed E-state index contributed by atoms with van der Waals surface area (Å²) >= 11 is 0. The van der Waals surface area contributed by atoms with Gasteiger partial charge in [0.1, 0.15) is 0 Å². The van der Waals surface area contributed by atoms with Crippen LogP contribution in [0.3, 0.4) is 0 Å². The van der Waals surface area contributed by atoms with Crippen LogP contribution in [0.4, 0.5) is 13.2 Å². The van der Waals surface area contributed by atoms with Gasteiger partial charge in [0.25, 0.3) is 0 Å². The zero-order valence-corrected chi connectivity index (χ0v) is 15.1. The molecule has 0 unspecified atom stereocenters. The number of amides is 1. The minimum absolute atomic E-state index is 0.0843. The molecule has 1 aromatic carbocycles. The van der Waals surface area contributed by atoms with Gasteiger partial charge >= 0.3 is 6.18 Å². The number of nitrogens with zero attached hydrogens (tertiary/aromatic N) is 1. The van der Waals surface area contributed by atoms with Gasteiger partial charge in [-0.05, 0) is 31.0 Å². The van der Waals surface area contributed by atoms with Crippen molar-refractivity contribution in [2.45, 2.75) is 23.9 Å². The van der Waals surface area contributed by atoms with Crippen molar-refractivity contribution in [3.05, 3.63) is 29.8 Å². The lowest BCUT2D eigenvalue weighted by Gasteiger charge is -2.30. The van der Waals surface area contributed by atoms with E-state index in [9.17, 15) is 26.4 Å². The Labute approximate surface area is 150 Å². The number of ether oxygens (including phenoxy) is 1. The molecule has 2 rings (SSSR count). The normalized spacial score (nSPS) is 17.2. The SMILES string of the molecule is COCCNC(=O)C1CCN(S(=O)(=O)c2cccc(C(F)(F)F)c2)CC1. The summed E-state index contributed by atoms with van der Waals surface area (Å²) in [6, 6.07) is 3.69. The summed E-state index contributed by atoms with van der Waals surface area (Å²) in [6.07, 6.45) is -3.98. The predicted octanol–water partition coefficient (Wildman–Crippen LogP) is 1.87. The highest BCUT2D eigenvalue weighted by Crippen LogP contribution is 2.32. The van der Waals surface area contributed by atoms with E-state index in [-0.39, 0.29) is 24.9 Å². The number of alkyl halides is 3. The largest absolute Gasteiger partial charge is 0.416 e. The Morgan fingerprint density at radius 3 is 2.54 bits per heavy atom. The van der Waals surface area contributed by atoms with Crippen LogP contribution >= 0.6 is 0 Å². The molecule has 0 spiro atoms. The van der Waals surface area contributed by atoms with Gasteiger partial charge in [-0.3, -0.25) is 4.79 Å². The quantitative estimate of drug-likeness (QED) is 0.748. The van der Waals surface area contributed by atoms with Gasteiger partial charge in [-0.15, -0.1) is 0 Å². The Kier molecular flexibility index (Phi) is 6.64. The zero-order valence-electron chi connectivity index (χ0n) is 14.3. The molecule has 0 atom stereocenters. The molecule has 1 N–H and O–H groups in total. The van der Waals surface area contributed by atoms with Crippen molar-refractivity contribution >= 4 is 15.9 Å². The molecule has 0 bridgehead atoms. The molecular weight excluding hydrogens is 373 g/mol. The number of sulfonamides is 1. The Bertz CT molecular complexity index is 729. The fourth-order valence-corrected chi connectivity index (χ4v) is 4.28. The van der Waals surface area contributed by atoms with Gasteiger partial charge in [-0.25, -0.2) is 8.42 Å². The van der Waals surface area contributed by atoms with E-state index in [4.69, 9.17) is 4.74 Å². The molecule has 0 saturated carbocycles. The number of carbonyl (C=O) groups excluding carboxylic acids is 1. The van der Waals surface area contributed by atoms with Gasteiger partial charge in [0, 0.05) is 32.7 Å². The van der Waals surface area contributed by atoms with Crippen LogP contribution in [-0.2, 0) is 25.7 Å². The van der Waals surface area contributed by atoms with Crippen LogP contribution in [0.15, 0.2) is 29.2 Å². The van der Waals surface area contributed by atoms with Crippen molar-refractivity contribution in [3.8, 4) is 0 Å². The zero-order chi connectivity index (χ0) is 19.4. The topological polar surface area (TPSA) is 75.7 Å². The first kappa shape index (κ1) is 20.7. The maximum Gasteiger partial charge on any atom is 0.416 e. The summed E-state index contributed by atoms with van der Waals surface area (Å²) in [5, 5.41) is 2.71. The highest BCUT2D eigenvalue weighted by Gasteiger charge is 2.35. The van der Waals surface area contributed by atoms with E-state index >= 15 is 0 Å². The van der Waals surface area contributed by atoms with Gasteiger partial charge in [0.15, 0.2) is 0 Å². The Morgan fingerprint density at radius 2 is 1.96 bits per heavy atom. The van der Waals surface area contributed by atoms with E-state index in [1.54, 1.807) is 0 Å². The molecule has 0 aromatic heterocycles. The summed E-state index contributed by atoms with van der Waals surface area (Å²) in [7, 11) is -2.52. The maximum atomic E-state index is 12.8. The number of methoxy groups -OCH3 is 1. The molecule has 0 aliphatic carbocycles. The van der Waals surface area contributed by atoms with Gasteiger partial charge in [0.2, 0.25) is 15.9 Å². The van der Waals surface area contributed by atoms with Gasteiger partial charge in [0.05, 0.1) is 17.1 Å². The Balaban J connectivity index is 2.03. The van der Waals surface area contributed by atoms with Crippen LogP contribution in [-0.4, -0.2) is 52.0 Å². The second kappa shape index (κ2) is 8.36. The first-order chi connectivity index (χ1) is 12.2. The molecule has 0 radical (unpaired) electrons. The fraction of sp³-hybridized carbons (Fsp3) is 0.562. The number of benzene rings is 1. The van der Waals surface area contributed by atoms with Crippen molar-refractivity contribution in [1.82, 2.24) is 9.62 Å². The standard InChI is InChI=1S/C16H21F3N2O4S/c1-25-10-7-20-15(22)12-5-8-21(9-6-12)26(23,24)14-4-2-3-13(11-14)16(17,18)19/h2-4,11-12H,5-10H2,1H3,(H,20,22). The summed E-state index contributed by atoms with van der Waals surface area (Å²) in [5.74, 6) is -0.488. The fourth-order valence-electron chi connectivity index (χ4n) is 2.76. The number of halogens is 3. The molecular formula is C16H21F3N2O4S. The first-order valence-corrected chi connectivity index (χ1v) is 9.54. The second-order valence-corrected chi connectivity index (χ2v) is 7.93. The molecule has 1 amide bonds. The smallest absolute Gasteiger partial charge is 0.383 e. The summed E-state index contributed by atoms with van der Waals surface area (Å²) in [4.78, 5) is 11.6. The van der Waals surface area contributed by atoms with Gasteiger partial charge in [-0.2, -0.15) is 17.5 Å². The third-order valence-electron chi connectivity index (χ3n) is 4.23. The minimum atomic E-state index is -4.61. The van der Waals surface area contributed by atoms with Crippen molar-refractivity contribution < 1.29 is 31.1 Å². The van der Waals surface area contributed by atoms with Crippen LogP contribution in [0.5, 0.6) is 0 Å². The minimum Gasteiger partial charge on any atom is -0.383 e. The molecule has 10 heteroatoms. The average Bonchev–Trinajstić information content (AvgIpc) is 2.61. The highest BCUT2D eigenvalue weighted by atomic mass is 32.2. The van der Waals surface area contributed by atoms with Crippen LogP contribution in [0, 0.1) is 5.92 Å². The Morgan fingerprint density at radius 1 is 1.31 bits per heavy atom. The first-order valence-electron chi connectivity index (χ1n) is 8.10. The van der Waals surface area contributed by atoms with Crippen molar-refractivity contribution in [1.29, 1.82) is 0 Å². The van der Waals surface area contributed by atoms with Crippen molar-refractivity contribution in [2.75, 3.05) is 33.4 Å². The summed E-state index contributed by atoms with van der Waals surface area (Å²) in [5.41, 5.74) is -1.01. The lowest BCUT2D eigenvalue weighted by atomic mass is 9.97. The molecule has 146 valence electrons. The van der Waals surface area contributed by atoms with Gasteiger partial charge in [-0.1, -0.05) is 6.07 Å². The van der Waals surface area contributed by atoms with Crippen molar-refractivity contribution in [2.24, 2.45) is 5.92 Å². The molecule has 1 heterocycles. The molecule has 1 aliphatic heterocycles. The third-order valence-corrected chi connectivity index (χ3v) is 6.12. The van der Waals surface area contributed by atoms with E-state index in [0.29, 0.717) is 32.1 Å². The second-order valence-electron chi connectivity index (χ2n) is 5.99. The van der Waals surface area contributed by atoms with Crippen LogP contribution in [0.2, 0.25) is 0 Å². The van der Waals surface area contributed by atoms with Crippen LogP contribution in [0.1, 0.15) is 18.4 Å². The number of rotatable bonds is 6. The number of nitrogens with one attached hydrogen (secondary N) is 1. The monoisotopic (exact) mass is 394 g/mol. The highest BCUT2D eigenvalue weighted by molar-refractivity contribution is 7.89. The molecule has 26 heavy (non-hydrogen) atoms. The number of hydrogen-bond donors (Lipinski definition) is 1. The lowest BCUT2D eigenvalue weighted by molar-refractivity contribution is -0.137.